The molecule has 164 valence electrons. The molecular weight excluding hydrogens is 388 g/mol. The Labute approximate surface area is 183 Å². The lowest BCUT2D eigenvalue weighted by molar-refractivity contribution is 0.208. The maximum atomic E-state index is 12.3. The summed E-state index contributed by atoms with van der Waals surface area (Å²) < 4.78 is 0. The van der Waals surface area contributed by atoms with Gasteiger partial charge in [0.15, 0.2) is 0 Å². The number of nitrogens with one attached hydrogen (secondary N) is 3. The second kappa shape index (κ2) is 9.83. The number of benzene rings is 2. The van der Waals surface area contributed by atoms with Crippen LogP contribution in [0, 0.1) is 0 Å². The normalized spacial score (nSPS) is 16.9. The van der Waals surface area contributed by atoms with Crippen molar-refractivity contribution in [3.8, 4) is 0 Å². The minimum absolute atomic E-state index is 0.0426. The molecule has 1 aliphatic heterocycles. The minimum Gasteiger partial charge on any atom is -0.381 e. The number of hydrogen-bond donors (Lipinski definition) is 3. The summed E-state index contributed by atoms with van der Waals surface area (Å²) in [7, 11) is 0. The van der Waals surface area contributed by atoms with E-state index in [-0.39, 0.29) is 6.03 Å². The van der Waals surface area contributed by atoms with Crippen molar-refractivity contribution in [1.82, 2.24) is 20.0 Å². The number of hydrogen-bond acceptors (Lipinski definition) is 4. The van der Waals surface area contributed by atoms with E-state index in [0.29, 0.717) is 19.1 Å². The van der Waals surface area contributed by atoms with Crippen molar-refractivity contribution in [2.75, 3.05) is 36.8 Å². The zero-order valence-corrected chi connectivity index (χ0v) is 18.4. The maximum absolute atomic E-state index is 12.3. The van der Waals surface area contributed by atoms with Gasteiger partial charge in [0.2, 0.25) is 0 Å². The molecule has 2 aromatic carbocycles. The fourth-order valence-corrected chi connectivity index (χ4v) is 4.30. The van der Waals surface area contributed by atoms with Gasteiger partial charge in [0.25, 0.3) is 0 Å². The van der Waals surface area contributed by atoms with Crippen molar-refractivity contribution in [1.29, 1.82) is 0 Å². The highest BCUT2D eigenvalue weighted by Gasteiger charge is 2.20. The zero-order chi connectivity index (χ0) is 21.6. The van der Waals surface area contributed by atoms with Crippen molar-refractivity contribution >= 4 is 28.3 Å². The second-order valence-corrected chi connectivity index (χ2v) is 8.19. The van der Waals surface area contributed by atoms with Crippen LogP contribution in [0.4, 0.5) is 16.2 Å². The molecule has 0 saturated carbocycles. The second-order valence-electron chi connectivity index (χ2n) is 8.19. The molecule has 2 amide bonds. The van der Waals surface area contributed by atoms with E-state index in [0.717, 1.165) is 41.9 Å². The van der Waals surface area contributed by atoms with Crippen LogP contribution < -0.4 is 10.6 Å². The molecule has 1 saturated heterocycles. The average molecular weight is 421 g/mol. The summed E-state index contributed by atoms with van der Waals surface area (Å²) in [5.41, 5.74) is 4.28. The fourth-order valence-electron chi connectivity index (χ4n) is 4.30. The van der Waals surface area contributed by atoms with Gasteiger partial charge in [-0.2, -0.15) is 5.10 Å². The molecule has 2 heterocycles. The monoisotopic (exact) mass is 420 g/mol. The summed E-state index contributed by atoms with van der Waals surface area (Å²) in [4.78, 5) is 16.6. The summed E-state index contributed by atoms with van der Waals surface area (Å²) in [6, 6.07) is 14.9. The molecule has 3 aromatic rings. The lowest BCUT2D eigenvalue weighted by Gasteiger charge is -2.33. The van der Waals surface area contributed by atoms with Crippen LogP contribution in [-0.4, -0.2) is 58.2 Å². The van der Waals surface area contributed by atoms with Crippen LogP contribution >= 0.6 is 0 Å². The van der Waals surface area contributed by atoms with E-state index in [1.165, 1.54) is 18.4 Å². The summed E-state index contributed by atoms with van der Waals surface area (Å²) in [6.07, 6.45) is 4.20. The molecule has 4 rings (SSSR count). The molecule has 1 unspecified atom stereocenters. The molecule has 3 N–H and O–H groups in total. The maximum Gasteiger partial charge on any atom is 0.321 e. The predicted molar refractivity (Wildman–Crippen MR) is 126 cm³/mol. The molecule has 1 fully saturated rings. The van der Waals surface area contributed by atoms with E-state index in [4.69, 9.17) is 0 Å². The van der Waals surface area contributed by atoms with Gasteiger partial charge in [0.1, 0.15) is 0 Å². The number of carbonyl (C=O) groups is 1. The summed E-state index contributed by atoms with van der Waals surface area (Å²) in [5.74, 6) is 0. The van der Waals surface area contributed by atoms with E-state index in [1.807, 2.05) is 32.2 Å². The number of likely N-dealkylation sites (tertiary alicyclic amines) is 1. The Morgan fingerprint density at radius 2 is 2.06 bits per heavy atom. The van der Waals surface area contributed by atoms with Crippen molar-refractivity contribution in [2.24, 2.45) is 0 Å². The number of anilines is 2. The van der Waals surface area contributed by atoms with Gasteiger partial charge >= 0.3 is 6.03 Å². The molecule has 1 atom stereocenters. The average Bonchev–Trinajstić information content (AvgIpc) is 3.23. The van der Waals surface area contributed by atoms with E-state index in [9.17, 15) is 4.79 Å². The number of urea groups is 1. The number of carbonyl (C=O) groups excluding carboxylic acids is 1. The van der Waals surface area contributed by atoms with Crippen LogP contribution in [0.15, 0.2) is 48.7 Å². The first-order chi connectivity index (χ1) is 15.1. The number of fused-ring (bicyclic) bond motifs is 1. The zero-order valence-electron chi connectivity index (χ0n) is 18.4. The minimum atomic E-state index is -0.0426. The third kappa shape index (κ3) is 5.35. The largest absolute Gasteiger partial charge is 0.381 e. The van der Waals surface area contributed by atoms with Crippen LogP contribution in [0.1, 0.15) is 32.3 Å². The first-order valence-corrected chi connectivity index (χ1v) is 11.2. The third-order valence-electron chi connectivity index (χ3n) is 5.95. The molecule has 7 nitrogen and oxygen atoms in total. The topological polar surface area (TPSA) is 76.3 Å². The first kappa shape index (κ1) is 21.2. The van der Waals surface area contributed by atoms with Gasteiger partial charge in [-0.25, -0.2) is 4.79 Å². The van der Waals surface area contributed by atoms with Gasteiger partial charge in [0.05, 0.1) is 11.7 Å². The molecule has 31 heavy (non-hydrogen) atoms. The van der Waals surface area contributed by atoms with Crippen LogP contribution in [0.2, 0.25) is 0 Å². The Kier molecular flexibility index (Phi) is 6.72. The highest BCUT2D eigenvalue weighted by atomic mass is 16.2. The third-order valence-corrected chi connectivity index (χ3v) is 5.95. The molecule has 1 aliphatic rings. The Balaban J connectivity index is 1.35. The smallest absolute Gasteiger partial charge is 0.321 e. The van der Waals surface area contributed by atoms with Gasteiger partial charge in [-0.05, 0) is 69.1 Å². The van der Waals surface area contributed by atoms with Crippen LogP contribution in [0.3, 0.4) is 0 Å². The highest BCUT2D eigenvalue weighted by molar-refractivity contribution is 5.89. The number of aromatic nitrogens is 2. The molecule has 0 spiro atoms. The highest BCUT2D eigenvalue weighted by Crippen LogP contribution is 2.22. The standard InChI is InChI=1S/C24H32N6O/c1-3-30(4-2)24(31)27-20-8-5-7-18(13-20)16-29-12-6-9-22(17-29)26-21-10-11-23-19(14-21)15-25-28-23/h5,7-8,10-11,13-15,22,26H,3-4,6,9,12,16-17H2,1-2H3,(H,25,28)(H,27,31). The molecule has 0 radical (unpaired) electrons. The number of piperidine rings is 1. The van der Waals surface area contributed by atoms with Gasteiger partial charge in [0, 0.05) is 49.0 Å². The van der Waals surface area contributed by atoms with Gasteiger partial charge in [-0.15, -0.1) is 0 Å². The van der Waals surface area contributed by atoms with Crippen molar-refractivity contribution < 1.29 is 4.79 Å². The lowest BCUT2D eigenvalue weighted by Crippen LogP contribution is -2.41. The quantitative estimate of drug-likeness (QED) is 0.526. The van der Waals surface area contributed by atoms with Gasteiger partial charge in [-0.3, -0.25) is 10.00 Å². The number of rotatable bonds is 7. The molecular formula is C24H32N6O. The van der Waals surface area contributed by atoms with E-state index in [2.05, 4.69) is 56.1 Å². The van der Waals surface area contributed by atoms with E-state index >= 15 is 0 Å². The number of amides is 2. The van der Waals surface area contributed by atoms with Crippen LogP contribution in [0.5, 0.6) is 0 Å². The SMILES string of the molecule is CCN(CC)C(=O)Nc1cccc(CN2CCCC(Nc3ccc4[nH]ncc4c3)C2)c1. The number of H-pyrrole nitrogens is 1. The van der Waals surface area contributed by atoms with Crippen molar-refractivity contribution in [3.05, 3.63) is 54.2 Å². The Hall–Kier alpha value is -3.06. The predicted octanol–water partition coefficient (Wildman–Crippen LogP) is 4.51. The Morgan fingerprint density at radius 1 is 1.19 bits per heavy atom. The van der Waals surface area contributed by atoms with Crippen molar-refractivity contribution in [2.45, 2.75) is 39.3 Å². The summed E-state index contributed by atoms with van der Waals surface area (Å²) >= 11 is 0. The molecule has 0 aliphatic carbocycles. The van der Waals surface area contributed by atoms with Crippen molar-refractivity contribution in [3.63, 3.8) is 0 Å². The molecule has 0 bridgehead atoms. The summed E-state index contributed by atoms with van der Waals surface area (Å²) in [6.45, 7) is 8.37. The fraction of sp³-hybridized carbons (Fsp3) is 0.417. The first-order valence-electron chi connectivity index (χ1n) is 11.2. The Morgan fingerprint density at radius 3 is 2.90 bits per heavy atom. The van der Waals surface area contributed by atoms with Gasteiger partial charge < -0.3 is 15.5 Å². The number of aromatic amines is 1. The Bertz CT molecular complexity index is 1010. The molecule has 1 aromatic heterocycles. The lowest BCUT2D eigenvalue weighted by atomic mass is 10.0. The van der Waals surface area contributed by atoms with Crippen LogP contribution in [0.25, 0.3) is 10.9 Å². The summed E-state index contributed by atoms with van der Waals surface area (Å²) in [5, 5.41) is 14.9. The number of nitrogens with zero attached hydrogens (tertiary/aromatic N) is 3. The van der Waals surface area contributed by atoms with E-state index in [1.54, 1.807) is 4.90 Å². The van der Waals surface area contributed by atoms with E-state index < -0.39 is 0 Å². The van der Waals surface area contributed by atoms with Crippen LogP contribution in [-0.2, 0) is 6.54 Å². The molecule has 7 heteroatoms. The van der Waals surface area contributed by atoms with Gasteiger partial charge in [-0.1, -0.05) is 12.1 Å².